The number of nitrogens with zero attached hydrogens (tertiary/aromatic N) is 3. The van der Waals surface area contributed by atoms with E-state index in [-0.39, 0.29) is 0 Å². The number of rotatable bonds is 0. The van der Waals surface area contributed by atoms with E-state index in [1.165, 1.54) is 6.21 Å². The van der Waals surface area contributed by atoms with E-state index >= 15 is 0 Å². The van der Waals surface area contributed by atoms with E-state index in [1.54, 1.807) is 12.1 Å². The number of benzene rings is 1. The molecule has 29 heavy (non-hydrogen) atoms. The van der Waals surface area contributed by atoms with E-state index in [4.69, 9.17) is 9.88 Å². The van der Waals surface area contributed by atoms with Crippen molar-refractivity contribution in [2.45, 2.75) is 0 Å². The number of hydrogen-bond donors (Lipinski definition) is 1. The Morgan fingerprint density at radius 1 is 0.621 bits per heavy atom. The van der Waals surface area contributed by atoms with Gasteiger partial charge in [-0.2, -0.15) is 0 Å². The van der Waals surface area contributed by atoms with E-state index in [2.05, 4.69) is 21.1 Å². The van der Waals surface area contributed by atoms with Crippen LogP contribution >= 0.6 is 0 Å². The lowest BCUT2D eigenvalue weighted by molar-refractivity contribution is -0.260. The molecule has 1 heterocycles. The second-order valence-corrected chi connectivity index (χ2v) is 5.30. The van der Waals surface area contributed by atoms with Crippen LogP contribution in [0.2, 0.25) is 0 Å². The Balaban J connectivity index is 2.05. The van der Waals surface area contributed by atoms with E-state index in [0.29, 0.717) is 5.75 Å². The molecule has 1 aromatic carbocycles. The summed E-state index contributed by atoms with van der Waals surface area (Å²) in [4.78, 5) is 10.00. The van der Waals surface area contributed by atoms with Crippen LogP contribution in [0.5, 0.6) is 5.75 Å². The van der Waals surface area contributed by atoms with Gasteiger partial charge in [-0.25, -0.2) is 0 Å². The molecule has 0 spiro atoms. The number of fused-ring (bicyclic) bond motifs is 1. The second kappa shape index (κ2) is 15.1. The standard InChI is InChI=1S/C23H22N4O2/c1-2-4-6-8-10-12-14-18-22-19-15-16-20-23(22)28-29-27-26-25-24-21-17-13-11-9-7-5-3-1/h1-21H,(H,25,27)/b3-1-,4-2-,7-5-,8-6-,11-9-,12-10-,17-13-,18-14-,24-21-. The van der Waals surface area contributed by atoms with Gasteiger partial charge < -0.3 is 4.89 Å². The first-order valence-electron chi connectivity index (χ1n) is 8.91. The van der Waals surface area contributed by atoms with Crippen LogP contribution in [-0.4, -0.2) is 6.21 Å². The average Bonchev–Trinajstić information content (AvgIpc) is 2.74. The monoisotopic (exact) mass is 386 g/mol. The SMILES string of the molecule is C1=C\C=C/C=C\C=C/C=N\N=N/NOOc2ccccc2/C=C\C=C/C=C\C=C/1. The molecule has 1 aromatic rings. The maximum Gasteiger partial charge on any atom is 0.175 e. The highest BCUT2D eigenvalue weighted by Crippen LogP contribution is 2.19. The summed E-state index contributed by atoms with van der Waals surface area (Å²) in [6.45, 7) is 0. The van der Waals surface area contributed by atoms with Crippen LogP contribution in [0, 0.1) is 0 Å². The number of nitrogens with one attached hydrogen (secondary N) is 1. The molecule has 1 aliphatic rings. The molecule has 1 N–H and O–H groups in total. The van der Waals surface area contributed by atoms with E-state index < -0.39 is 0 Å². The normalized spacial score (nSPS) is 26.3. The molecule has 0 bridgehead atoms. The van der Waals surface area contributed by atoms with Gasteiger partial charge in [0, 0.05) is 5.56 Å². The Morgan fingerprint density at radius 3 is 1.83 bits per heavy atom. The molecule has 0 unspecified atom stereocenters. The maximum absolute atomic E-state index is 5.19. The summed E-state index contributed by atoms with van der Waals surface area (Å²) in [5.74, 6) is 0.530. The fraction of sp³-hybridized carbons (Fsp3) is 0. The fourth-order valence-electron chi connectivity index (χ4n) is 1.93. The molecule has 0 amide bonds. The van der Waals surface area contributed by atoms with Crippen molar-refractivity contribution in [3.63, 3.8) is 0 Å². The minimum absolute atomic E-state index is 0.530. The van der Waals surface area contributed by atoms with Gasteiger partial charge in [0.2, 0.25) is 0 Å². The van der Waals surface area contributed by atoms with Crippen molar-refractivity contribution in [3.8, 4) is 5.75 Å². The highest BCUT2D eigenvalue weighted by molar-refractivity contribution is 5.71. The van der Waals surface area contributed by atoms with Crippen LogP contribution in [-0.2, 0) is 4.99 Å². The van der Waals surface area contributed by atoms with Crippen molar-refractivity contribution in [2.75, 3.05) is 0 Å². The smallest absolute Gasteiger partial charge is 0.175 e. The molecule has 0 fully saturated rings. The lowest BCUT2D eigenvalue weighted by atomic mass is 10.2. The molecule has 0 saturated carbocycles. The molecule has 6 heteroatoms. The third-order valence-electron chi connectivity index (χ3n) is 3.21. The third-order valence-corrected chi connectivity index (χ3v) is 3.21. The molecule has 0 aliphatic carbocycles. The Labute approximate surface area is 170 Å². The molecule has 0 aromatic heterocycles. The van der Waals surface area contributed by atoms with Gasteiger partial charge in [0.15, 0.2) is 5.75 Å². The molecule has 2 rings (SSSR count). The Kier molecular flexibility index (Phi) is 11.1. The van der Waals surface area contributed by atoms with Crippen LogP contribution in [0.1, 0.15) is 5.56 Å². The van der Waals surface area contributed by atoms with E-state index in [9.17, 15) is 0 Å². The molecule has 146 valence electrons. The van der Waals surface area contributed by atoms with Crippen molar-refractivity contribution in [1.82, 2.24) is 5.59 Å². The minimum Gasteiger partial charge on any atom is -0.312 e. The topological polar surface area (TPSA) is 67.6 Å². The lowest BCUT2D eigenvalue weighted by Crippen LogP contribution is -2.09. The summed E-state index contributed by atoms with van der Waals surface area (Å²) >= 11 is 0. The van der Waals surface area contributed by atoms with Crippen LogP contribution in [0.15, 0.2) is 131 Å². The highest BCUT2D eigenvalue weighted by Gasteiger charge is 2.00. The van der Waals surface area contributed by atoms with Crippen molar-refractivity contribution in [3.05, 3.63) is 121 Å². The van der Waals surface area contributed by atoms with Gasteiger partial charge in [-0.1, -0.05) is 109 Å². The van der Waals surface area contributed by atoms with Gasteiger partial charge in [0.05, 0.1) is 6.21 Å². The molecule has 0 saturated heterocycles. The zero-order valence-corrected chi connectivity index (χ0v) is 15.8. The van der Waals surface area contributed by atoms with Crippen LogP contribution in [0.25, 0.3) is 6.08 Å². The van der Waals surface area contributed by atoms with Crippen LogP contribution in [0.4, 0.5) is 0 Å². The maximum atomic E-state index is 5.19. The summed E-state index contributed by atoms with van der Waals surface area (Å²) in [6, 6.07) is 7.43. The van der Waals surface area contributed by atoms with Crippen molar-refractivity contribution >= 4 is 12.3 Å². The minimum atomic E-state index is 0.530. The molecular formula is C23H22N4O2. The van der Waals surface area contributed by atoms with E-state index in [1.807, 2.05) is 109 Å². The molecule has 0 radical (unpaired) electrons. The van der Waals surface area contributed by atoms with Gasteiger partial charge in [-0.05, 0) is 27.6 Å². The summed E-state index contributed by atoms with van der Waals surface area (Å²) in [5, 5.41) is 10.7. The lowest BCUT2D eigenvalue weighted by Gasteiger charge is -2.04. The Morgan fingerprint density at radius 2 is 1.17 bits per heavy atom. The quantitative estimate of drug-likeness (QED) is 0.575. The predicted octanol–water partition coefficient (Wildman–Crippen LogP) is 5.77. The molecule has 1 aliphatic heterocycles. The van der Waals surface area contributed by atoms with Gasteiger partial charge in [0.25, 0.3) is 0 Å². The Bertz CT molecular complexity index is 901. The van der Waals surface area contributed by atoms with E-state index in [0.717, 1.165) is 5.56 Å². The number of allylic oxidation sites excluding steroid dienone is 15. The first-order chi connectivity index (χ1) is 14.5. The zero-order chi connectivity index (χ0) is 20.2. The van der Waals surface area contributed by atoms with Gasteiger partial charge in [0.1, 0.15) is 0 Å². The van der Waals surface area contributed by atoms with Crippen LogP contribution < -0.4 is 10.5 Å². The predicted molar refractivity (Wildman–Crippen MR) is 118 cm³/mol. The first kappa shape index (κ1) is 21.3. The largest absolute Gasteiger partial charge is 0.312 e. The van der Waals surface area contributed by atoms with Crippen LogP contribution in [0.3, 0.4) is 0 Å². The fourth-order valence-corrected chi connectivity index (χ4v) is 1.93. The van der Waals surface area contributed by atoms with Gasteiger partial charge >= 0.3 is 0 Å². The number of hydrogen-bond acceptors (Lipinski definition) is 6. The molecular weight excluding hydrogens is 364 g/mol. The first-order valence-corrected chi connectivity index (χ1v) is 8.91. The highest BCUT2D eigenvalue weighted by atomic mass is 17.3. The zero-order valence-electron chi connectivity index (χ0n) is 15.8. The van der Waals surface area contributed by atoms with Crippen molar-refractivity contribution in [2.24, 2.45) is 15.5 Å². The van der Waals surface area contributed by atoms with Crippen molar-refractivity contribution in [1.29, 1.82) is 0 Å². The summed E-state index contributed by atoms with van der Waals surface area (Å²) in [7, 11) is 0. The van der Waals surface area contributed by atoms with Gasteiger partial charge in [-0.3, -0.25) is 0 Å². The molecule has 0 atom stereocenters. The summed E-state index contributed by atoms with van der Waals surface area (Å²) in [5.41, 5.74) is 3.04. The average molecular weight is 386 g/mol. The van der Waals surface area contributed by atoms with Gasteiger partial charge in [-0.15, -0.1) is 10.7 Å². The summed E-state index contributed by atoms with van der Waals surface area (Å²) in [6.07, 6.45) is 32.1. The number of para-hydroxylation sites is 1. The Hall–Kier alpha value is -4.03. The summed E-state index contributed by atoms with van der Waals surface area (Å²) < 4.78 is 0. The third kappa shape index (κ3) is 10.6. The molecule has 6 nitrogen and oxygen atoms in total. The second-order valence-electron chi connectivity index (χ2n) is 5.30. The van der Waals surface area contributed by atoms with Crippen molar-refractivity contribution < 1.29 is 9.88 Å².